The lowest BCUT2D eigenvalue weighted by atomic mass is 9.96. The molecule has 2 aromatic carbocycles. The third-order valence-corrected chi connectivity index (χ3v) is 9.12. The standard InChI is InChI=1S/C33H36N4O3S2/c1-19(2)40-32(39)29-21(4)34-33-37(30(29)23-9-15-27(41-8)16-10-23)31(38)28(42-33)18-24-17-20(3)36(22(24)5)26-13-11-25(12-14-26)35(6)7/h9-19,30H,1-8H3/b28-18+. The number of benzene rings is 2. The van der Waals surface area contributed by atoms with E-state index in [9.17, 15) is 9.59 Å². The van der Waals surface area contributed by atoms with Crippen LogP contribution >= 0.6 is 23.1 Å². The van der Waals surface area contributed by atoms with Crippen molar-refractivity contribution in [3.05, 3.63) is 108 Å². The van der Waals surface area contributed by atoms with Gasteiger partial charge in [-0.25, -0.2) is 9.79 Å². The molecule has 42 heavy (non-hydrogen) atoms. The fraction of sp³-hybridized carbons (Fsp3) is 0.303. The molecule has 0 aliphatic carbocycles. The van der Waals surface area contributed by atoms with E-state index in [1.165, 1.54) is 11.3 Å². The van der Waals surface area contributed by atoms with Crippen molar-refractivity contribution >= 4 is 40.8 Å². The monoisotopic (exact) mass is 600 g/mol. The van der Waals surface area contributed by atoms with Crippen molar-refractivity contribution < 1.29 is 9.53 Å². The van der Waals surface area contributed by atoms with Gasteiger partial charge in [0.1, 0.15) is 0 Å². The van der Waals surface area contributed by atoms with Crippen molar-refractivity contribution in [2.75, 3.05) is 25.3 Å². The highest BCUT2D eigenvalue weighted by Gasteiger charge is 2.33. The molecule has 0 spiro atoms. The average molecular weight is 601 g/mol. The van der Waals surface area contributed by atoms with Crippen molar-refractivity contribution in [3.63, 3.8) is 0 Å². The Morgan fingerprint density at radius 1 is 1.07 bits per heavy atom. The van der Waals surface area contributed by atoms with Crippen molar-refractivity contribution in [1.82, 2.24) is 9.13 Å². The van der Waals surface area contributed by atoms with Crippen LogP contribution < -0.4 is 19.8 Å². The number of fused-ring (bicyclic) bond motifs is 1. The fourth-order valence-corrected chi connectivity index (χ4v) is 6.78. The molecule has 0 N–H and O–H groups in total. The molecule has 1 aliphatic heterocycles. The molecule has 3 heterocycles. The van der Waals surface area contributed by atoms with E-state index in [1.807, 2.05) is 71.5 Å². The lowest BCUT2D eigenvalue weighted by molar-refractivity contribution is -0.143. The maximum absolute atomic E-state index is 14.1. The van der Waals surface area contributed by atoms with E-state index < -0.39 is 12.0 Å². The molecule has 0 saturated carbocycles. The van der Waals surface area contributed by atoms with E-state index in [0.29, 0.717) is 20.6 Å². The molecule has 2 aromatic heterocycles. The Morgan fingerprint density at radius 2 is 1.74 bits per heavy atom. The third-order valence-electron chi connectivity index (χ3n) is 7.40. The Labute approximate surface area is 254 Å². The van der Waals surface area contributed by atoms with Crippen LogP contribution in [0.15, 0.2) is 80.5 Å². The molecular formula is C33H36N4O3S2. The van der Waals surface area contributed by atoms with Gasteiger partial charge in [-0.1, -0.05) is 23.5 Å². The summed E-state index contributed by atoms with van der Waals surface area (Å²) in [6, 6.07) is 17.9. The topological polar surface area (TPSA) is 68.8 Å². The average Bonchev–Trinajstić information content (AvgIpc) is 3.41. The summed E-state index contributed by atoms with van der Waals surface area (Å²) in [4.78, 5) is 35.9. The number of aromatic nitrogens is 2. The first-order chi connectivity index (χ1) is 20.0. The van der Waals surface area contributed by atoms with Crippen LogP contribution in [0.1, 0.15) is 49.3 Å². The Morgan fingerprint density at radius 3 is 2.33 bits per heavy atom. The van der Waals surface area contributed by atoms with E-state index in [4.69, 9.17) is 9.73 Å². The minimum absolute atomic E-state index is 0.180. The second-order valence-electron chi connectivity index (χ2n) is 10.9. The van der Waals surface area contributed by atoms with E-state index in [2.05, 4.69) is 53.6 Å². The van der Waals surface area contributed by atoms with Crippen molar-refractivity contribution in [1.29, 1.82) is 0 Å². The zero-order valence-corrected chi connectivity index (χ0v) is 26.9. The molecule has 9 heteroatoms. The van der Waals surface area contributed by atoms with Crippen LogP contribution in [0.25, 0.3) is 11.8 Å². The number of aryl methyl sites for hydroxylation is 1. The Bertz CT molecular complexity index is 1860. The van der Waals surface area contributed by atoms with Crippen LogP contribution in [-0.4, -0.2) is 41.6 Å². The summed E-state index contributed by atoms with van der Waals surface area (Å²) in [7, 11) is 4.05. The first kappa shape index (κ1) is 29.7. The number of allylic oxidation sites excluding steroid dienone is 1. The molecule has 0 bridgehead atoms. The highest BCUT2D eigenvalue weighted by molar-refractivity contribution is 7.98. The number of carbonyl (C=O) groups is 1. The predicted molar refractivity (Wildman–Crippen MR) is 173 cm³/mol. The number of rotatable bonds is 7. The van der Waals surface area contributed by atoms with Gasteiger partial charge in [0, 0.05) is 41.8 Å². The molecule has 0 fully saturated rings. The van der Waals surface area contributed by atoms with E-state index in [0.717, 1.165) is 38.8 Å². The number of thioether (sulfide) groups is 1. The molecule has 1 aliphatic rings. The molecule has 7 nitrogen and oxygen atoms in total. The lowest BCUT2D eigenvalue weighted by Gasteiger charge is -2.25. The Kier molecular flexibility index (Phi) is 8.35. The van der Waals surface area contributed by atoms with Crippen LogP contribution in [0.4, 0.5) is 5.69 Å². The zero-order chi connectivity index (χ0) is 30.3. The normalized spacial score (nSPS) is 15.2. The van der Waals surface area contributed by atoms with Gasteiger partial charge in [-0.05, 0) is 101 Å². The summed E-state index contributed by atoms with van der Waals surface area (Å²) in [5, 5.41) is 0. The summed E-state index contributed by atoms with van der Waals surface area (Å²) >= 11 is 2.98. The van der Waals surface area contributed by atoms with Gasteiger partial charge in [0.25, 0.3) is 5.56 Å². The van der Waals surface area contributed by atoms with Crippen molar-refractivity contribution in [2.24, 2.45) is 4.99 Å². The smallest absolute Gasteiger partial charge is 0.338 e. The Balaban J connectivity index is 1.65. The van der Waals surface area contributed by atoms with Crippen LogP contribution in [-0.2, 0) is 9.53 Å². The summed E-state index contributed by atoms with van der Waals surface area (Å²) in [5.41, 5.74) is 6.88. The van der Waals surface area contributed by atoms with Gasteiger partial charge < -0.3 is 14.2 Å². The molecule has 1 unspecified atom stereocenters. The fourth-order valence-electron chi connectivity index (χ4n) is 5.33. The van der Waals surface area contributed by atoms with E-state index in [-0.39, 0.29) is 11.7 Å². The number of hydrogen-bond acceptors (Lipinski definition) is 7. The second-order valence-corrected chi connectivity index (χ2v) is 12.8. The summed E-state index contributed by atoms with van der Waals surface area (Å²) in [6.45, 7) is 9.58. The molecule has 218 valence electrons. The van der Waals surface area contributed by atoms with Gasteiger partial charge in [0.15, 0.2) is 4.80 Å². The number of esters is 1. The second kappa shape index (κ2) is 11.8. The van der Waals surface area contributed by atoms with Crippen LogP contribution in [0.5, 0.6) is 0 Å². The van der Waals surface area contributed by atoms with Crippen LogP contribution in [0, 0.1) is 13.8 Å². The molecule has 5 rings (SSSR count). The molecule has 0 saturated heterocycles. The number of carbonyl (C=O) groups excluding carboxylic acids is 1. The first-order valence-electron chi connectivity index (χ1n) is 13.8. The van der Waals surface area contributed by atoms with Gasteiger partial charge in [-0.2, -0.15) is 0 Å². The first-order valence-corrected chi connectivity index (χ1v) is 15.9. The van der Waals surface area contributed by atoms with Crippen molar-refractivity contribution in [2.45, 2.75) is 51.7 Å². The third kappa shape index (κ3) is 5.51. The summed E-state index contributed by atoms with van der Waals surface area (Å²) in [5.74, 6) is -0.455. The maximum Gasteiger partial charge on any atom is 0.338 e. The summed E-state index contributed by atoms with van der Waals surface area (Å²) in [6.07, 6.45) is 3.66. The highest BCUT2D eigenvalue weighted by Crippen LogP contribution is 2.32. The predicted octanol–water partition coefficient (Wildman–Crippen LogP) is 5.38. The SMILES string of the molecule is CSc1ccc(C2C(C(=O)OC(C)C)=C(C)N=c3s/c(=C/c4cc(C)n(-c5ccc(N(C)C)cc5)c4C)c(=O)n32)cc1. The van der Waals surface area contributed by atoms with Crippen LogP contribution in [0.2, 0.25) is 0 Å². The molecule has 1 atom stereocenters. The minimum atomic E-state index is -0.631. The number of anilines is 1. The van der Waals surface area contributed by atoms with Gasteiger partial charge in [-0.15, -0.1) is 11.8 Å². The zero-order valence-electron chi connectivity index (χ0n) is 25.3. The number of ether oxygens (including phenoxy) is 1. The number of hydrogen-bond donors (Lipinski definition) is 0. The van der Waals surface area contributed by atoms with Crippen LogP contribution in [0.3, 0.4) is 0 Å². The maximum atomic E-state index is 14.1. The van der Waals surface area contributed by atoms with Crippen molar-refractivity contribution in [3.8, 4) is 5.69 Å². The van der Waals surface area contributed by atoms with Gasteiger partial charge in [0.2, 0.25) is 0 Å². The molecule has 0 radical (unpaired) electrons. The quantitative estimate of drug-likeness (QED) is 0.210. The molecular weight excluding hydrogens is 565 g/mol. The molecule has 0 amide bonds. The highest BCUT2D eigenvalue weighted by atomic mass is 32.2. The molecule has 4 aromatic rings. The van der Waals surface area contributed by atoms with Gasteiger partial charge >= 0.3 is 5.97 Å². The Hall–Kier alpha value is -3.82. The number of thiazole rings is 1. The largest absolute Gasteiger partial charge is 0.459 e. The lowest BCUT2D eigenvalue weighted by Crippen LogP contribution is -2.40. The van der Waals surface area contributed by atoms with Gasteiger partial charge in [0.05, 0.1) is 27.9 Å². The summed E-state index contributed by atoms with van der Waals surface area (Å²) < 4.78 is 10.0. The van der Waals surface area contributed by atoms with E-state index >= 15 is 0 Å². The van der Waals surface area contributed by atoms with Gasteiger partial charge in [-0.3, -0.25) is 9.36 Å². The number of nitrogens with zero attached hydrogens (tertiary/aromatic N) is 4. The minimum Gasteiger partial charge on any atom is -0.459 e. The van der Waals surface area contributed by atoms with E-state index in [1.54, 1.807) is 16.3 Å².